The molecule has 0 saturated carbocycles. The van der Waals surface area contributed by atoms with Crippen molar-refractivity contribution >= 4 is 16.9 Å². The molecule has 1 aromatic heterocycles. The van der Waals surface area contributed by atoms with Crippen molar-refractivity contribution in [3.63, 3.8) is 0 Å². The summed E-state index contributed by atoms with van der Waals surface area (Å²) in [6.45, 7) is 6.05. The molecule has 8 heteroatoms. The predicted molar refractivity (Wildman–Crippen MR) is 142 cm³/mol. The van der Waals surface area contributed by atoms with E-state index in [2.05, 4.69) is 6.58 Å². The Morgan fingerprint density at radius 3 is 2.55 bits per heavy atom. The third-order valence-corrected chi connectivity index (χ3v) is 6.43. The molecule has 0 radical (unpaired) electrons. The fraction of sp³-hybridized carbons (Fsp3) is 0.200. The highest BCUT2D eigenvalue weighted by Gasteiger charge is 2.35. The Balaban J connectivity index is 1.71. The third kappa shape index (κ3) is 4.34. The summed E-state index contributed by atoms with van der Waals surface area (Å²) < 4.78 is 28.1. The van der Waals surface area contributed by atoms with E-state index in [4.69, 9.17) is 23.4 Å². The SMILES string of the molecule is C=C(C)COc1ccccc1C1CC(=O)Oc2cc(O)c3c(=O)c(-c4ccc(OC)c(OC)c4)coc3c21. The molecule has 1 N–H and O–H groups in total. The number of rotatable bonds is 7. The number of para-hydroxylation sites is 1. The van der Waals surface area contributed by atoms with E-state index in [1.807, 2.05) is 31.2 Å². The molecule has 0 spiro atoms. The van der Waals surface area contributed by atoms with Gasteiger partial charge < -0.3 is 28.5 Å². The molecule has 0 amide bonds. The summed E-state index contributed by atoms with van der Waals surface area (Å²) in [5, 5.41) is 10.9. The van der Waals surface area contributed by atoms with E-state index in [9.17, 15) is 14.7 Å². The summed E-state index contributed by atoms with van der Waals surface area (Å²) in [6.07, 6.45) is 1.34. The van der Waals surface area contributed by atoms with Crippen LogP contribution in [0.15, 0.2) is 76.2 Å². The first kappa shape index (κ1) is 25.0. The quantitative estimate of drug-likeness (QED) is 0.194. The van der Waals surface area contributed by atoms with Gasteiger partial charge in [-0.1, -0.05) is 30.8 Å². The number of hydrogen-bond donors (Lipinski definition) is 1. The van der Waals surface area contributed by atoms with Gasteiger partial charge in [0.15, 0.2) is 11.5 Å². The Hall–Kier alpha value is -4.72. The van der Waals surface area contributed by atoms with Crippen LogP contribution in [0.4, 0.5) is 0 Å². The van der Waals surface area contributed by atoms with Gasteiger partial charge in [-0.25, -0.2) is 0 Å². The van der Waals surface area contributed by atoms with Crippen molar-refractivity contribution in [1.29, 1.82) is 0 Å². The van der Waals surface area contributed by atoms with Crippen LogP contribution in [0.1, 0.15) is 30.4 Å². The normalized spacial score (nSPS) is 14.5. The van der Waals surface area contributed by atoms with Crippen LogP contribution >= 0.6 is 0 Å². The zero-order valence-electron chi connectivity index (χ0n) is 21.2. The molecule has 194 valence electrons. The highest BCUT2D eigenvalue weighted by Crippen LogP contribution is 2.47. The Labute approximate surface area is 218 Å². The van der Waals surface area contributed by atoms with Gasteiger partial charge in [-0.3, -0.25) is 9.59 Å². The van der Waals surface area contributed by atoms with Crippen molar-refractivity contribution in [2.24, 2.45) is 0 Å². The summed E-state index contributed by atoms with van der Waals surface area (Å²) in [5.74, 6) is 0.300. The van der Waals surface area contributed by atoms with Gasteiger partial charge in [-0.2, -0.15) is 0 Å². The minimum absolute atomic E-state index is 0.00145. The molecule has 1 aliphatic heterocycles. The van der Waals surface area contributed by atoms with Gasteiger partial charge >= 0.3 is 5.97 Å². The first-order chi connectivity index (χ1) is 18.3. The van der Waals surface area contributed by atoms with Gasteiger partial charge in [0.05, 0.1) is 26.2 Å². The molecule has 1 aliphatic rings. The van der Waals surface area contributed by atoms with Crippen LogP contribution in [0.2, 0.25) is 0 Å². The van der Waals surface area contributed by atoms with Gasteiger partial charge in [-0.05, 0) is 36.3 Å². The summed E-state index contributed by atoms with van der Waals surface area (Å²) in [7, 11) is 3.02. The van der Waals surface area contributed by atoms with Gasteiger partial charge in [0.1, 0.15) is 41.1 Å². The first-order valence-corrected chi connectivity index (χ1v) is 11.9. The molecule has 0 bridgehead atoms. The number of ether oxygens (including phenoxy) is 4. The van der Waals surface area contributed by atoms with Crippen molar-refractivity contribution in [2.45, 2.75) is 19.3 Å². The van der Waals surface area contributed by atoms with E-state index in [1.54, 1.807) is 18.2 Å². The Bertz CT molecular complexity index is 1630. The van der Waals surface area contributed by atoms with Gasteiger partial charge in [0, 0.05) is 23.1 Å². The minimum atomic E-state index is -0.536. The number of benzene rings is 3. The second kappa shape index (κ2) is 9.97. The highest BCUT2D eigenvalue weighted by molar-refractivity contribution is 5.94. The average molecular weight is 515 g/mol. The van der Waals surface area contributed by atoms with Crippen LogP contribution in [0, 0.1) is 0 Å². The number of esters is 1. The second-order valence-corrected chi connectivity index (χ2v) is 9.07. The Kier molecular flexibility index (Phi) is 6.55. The third-order valence-electron chi connectivity index (χ3n) is 6.43. The molecule has 38 heavy (non-hydrogen) atoms. The molecule has 0 aliphatic carbocycles. The summed E-state index contributed by atoms with van der Waals surface area (Å²) in [4.78, 5) is 26.3. The van der Waals surface area contributed by atoms with E-state index in [0.717, 1.165) is 11.1 Å². The van der Waals surface area contributed by atoms with E-state index < -0.39 is 17.3 Å². The Morgan fingerprint density at radius 1 is 1.05 bits per heavy atom. The van der Waals surface area contributed by atoms with Crippen LogP contribution in [-0.2, 0) is 4.79 Å². The smallest absolute Gasteiger partial charge is 0.312 e. The maximum Gasteiger partial charge on any atom is 0.312 e. The zero-order valence-corrected chi connectivity index (χ0v) is 21.2. The highest BCUT2D eigenvalue weighted by atomic mass is 16.5. The number of fused-ring (bicyclic) bond motifs is 3. The summed E-state index contributed by atoms with van der Waals surface area (Å²) >= 11 is 0. The summed E-state index contributed by atoms with van der Waals surface area (Å²) in [5.41, 5.74) is 2.50. The van der Waals surface area contributed by atoms with Crippen molar-refractivity contribution in [2.75, 3.05) is 20.8 Å². The van der Waals surface area contributed by atoms with Gasteiger partial charge in [-0.15, -0.1) is 0 Å². The number of carbonyl (C=O) groups excluding carboxylic acids is 1. The largest absolute Gasteiger partial charge is 0.507 e. The lowest BCUT2D eigenvalue weighted by atomic mass is 9.84. The fourth-order valence-electron chi connectivity index (χ4n) is 4.70. The van der Waals surface area contributed by atoms with Crippen LogP contribution in [-0.4, -0.2) is 31.9 Å². The first-order valence-electron chi connectivity index (χ1n) is 11.9. The molecule has 8 nitrogen and oxygen atoms in total. The number of aromatic hydroxyl groups is 1. The van der Waals surface area contributed by atoms with Crippen LogP contribution in [0.5, 0.6) is 28.7 Å². The maximum absolute atomic E-state index is 13.7. The molecular formula is C30H26O8. The van der Waals surface area contributed by atoms with E-state index in [-0.39, 0.29) is 34.5 Å². The lowest BCUT2D eigenvalue weighted by molar-refractivity contribution is -0.135. The molecule has 1 atom stereocenters. The lowest BCUT2D eigenvalue weighted by Gasteiger charge is -2.27. The van der Waals surface area contributed by atoms with Gasteiger partial charge in [0.2, 0.25) is 5.43 Å². The van der Waals surface area contributed by atoms with Crippen LogP contribution in [0.3, 0.4) is 0 Å². The number of methoxy groups -OCH3 is 2. The van der Waals surface area contributed by atoms with E-state index in [1.165, 1.54) is 26.5 Å². The second-order valence-electron chi connectivity index (χ2n) is 9.07. The van der Waals surface area contributed by atoms with Crippen molar-refractivity contribution in [1.82, 2.24) is 0 Å². The monoisotopic (exact) mass is 514 g/mol. The van der Waals surface area contributed by atoms with E-state index in [0.29, 0.717) is 35.0 Å². The van der Waals surface area contributed by atoms with E-state index >= 15 is 0 Å². The molecule has 1 unspecified atom stereocenters. The molecule has 4 aromatic rings. The molecule has 5 rings (SSSR count). The number of hydrogen-bond acceptors (Lipinski definition) is 8. The molecule has 0 fully saturated rings. The number of carbonyl (C=O) groups is 1. The fourth-order valence-corrected chi connectivity index (χ4v) is 4.70. The topological polar surface area (TPSA) is 104 Å². The maximum atomic E-state index is 13.7. The van der Waals surface area contributed by atoms with Crippen molar-refractivity contribution < 1.29 is 33.3 Å². The Morgan fingerprint density at radius 2 is 1.82 bits per heavy atom. The van der Waals surface area contributed by atoms with Crippen molar-refractivity contribution in [3.8, 4) is 39.9 Å². The zero-order chi connectivity index (χ0) is 27.0. The molecule has 2 heterocycles. The van der Waals surface area contributed by atoms with Crippen LogP contribution in [0.25, 0.3) is 22.1 Å². The van der Waals surface area contributed by atoms with Crippen LogP contribution < -0.4 is 24.4 Å². The lowest BCUT2D eigenvalue weighted by Crippen LogP contribution is -2.22. The number of phenolic OH excluding ortho intramolecular Hbond substituents is 1. The molecular weight excluding hydrogens is 488 g/mol. The average Bonchev–Trinajstić information content (AvgIpc) is 2.91. The van der Waals surface area contributed by atoms with Crippen molar-refractivity contribution in [3.05, 3.63) is 88.3 Å². The molecule has 0 saturated heterocycles. The minimum Gasteiger partial charge on any atom is -0.507 e. The molecule has 3 aromatic carbocycles. The number of phenols is 1. The summed E-state index contributed by atoms with van der Waals surface area (Å²) in [6, 6.07) is 13.7. The standard InChI is InChI=1S/C30H26O8/c1-16(2)14-36-22-8-6-5-7-18(22)19-12-26(32)38-25-13-21(31)28-29(33)20(15-37-30(28)27(19)25)17-9-10-23(34-3)24(11-17)35-4/h5-11,13,15,19,31H,1,12,14H2,2-4H3. The predicted octanol–water partition coefficient (Wildman–Crippen LogP) is 5.58. The van der Waals surface area contributed by atoms with Gasteiger partial charge in [0.25, 0.3) is 0 Å².